The number of aromatic hydroxyl groups is 2. The van der Waals surface area contributed by atoms with Crippen LogP contribution in [0.1, 0.15) is 185 Å². The predicted octanol–water partition coefficient (Wildman–Crippen LogP) is 13.7. The van der Waals surface area contributed by atoms with Crippen LogP contribution in [0.15, 0.2) is 84.9 Å². The Balaban J connectivity index is 1.53. The molecule has 0 spiro atoms. The van der Waals surface area contributed by atoms with Crippen LogP contribution in [0, 0.1) is 0 Å². The number of hydrogen-bond acceptors (Lipinski definition) is 6. The zero-order valence-electron chi connectivity index (χ0n) is 34.9. The molecule has 0 saturated carbocycles. The summed E-state index contributed by atoms with van der Waals surface area (Å²) in [5.74, 6) is -0.0103. The van der Waals surface area contributed by atoms with E-state index in [0.717, 1.165) is 38.5 Å². The van der Waals surface area contributed by atoms with Crippen LogP contribution in [-0.4, -0.2) is 35.0 Å². The molecule has 0 fully saturated rings. The van der Waals surface area contributed by atoms with Gasteiger partial charge in [-0.1, -0.05) is 190 Å². The number of unbranched alkanes of at least 4 members (excludes halogenated alkanes) is 18. The van der Waals surface area contributed by atoms with Crippen molar-refractivity contribution in [3.05, 3.63) is 118 Å². The van der Waals surface area contributed by atoms with Crippen molar-refractivity contribution in [3.8, 4) is 23.0 Å². The van der Waals surface area contributed by atoms with Crippen molar-refractivity contribution in [3.63, 3.8) is 0 Å². The van der Waals surface area contributed by atoms with Crippen LogP contribution < -0.4 is 9.47 Å². The Hall–Kier alpha value is -4.58. The maximum atomic E-state index is 13.7. The van der Waals surface area contributed by atoms with Crippen LogP contribution >= 0.6 is 0 Å². The molecular formula is C51H68O6. The quantitative estimate of drug-likeness (QED) is 0.0405. The molecule has 0 atom stereocenters. The van der Waals surface area contributed by atoms with Gasteiger partial charge in [0.2, 0.25) is 0 Å². The lowest BCUT2D eigenvalue weighted by atomic mass is 9.93. The number of ketones is 2. The summed E-state index contributed by atoms with van der Waals surface area (Å²) in [6.07, 6.45) is 24.3. The van der Waals surface area contributed by atoms with Crippen LogP contribution in [0.3, 0.4) is 0 Å². The van der Waals surface area contributed by atoms with Crippen molar-refractivity contribution in [2.45, 2.75) is 149 Å². The number of carbonyl (C=O) groups is 2. The van der Waals surface area contributed by atoms with E-state index in [1.165, 1.54) is 96.0 Å². The molecule has 4 aromatic rings. The second kappa shape index (κ2) is 26.4. The Bertz CT molecular complexity index is 1750. The van der Waals surface area contributed by atoms with Crippen molar-refractivity contribution >= 4 is 11.6 Å². The monoisotopic (exact) mass is 777 g/mol. The van der Waals surface area contributed by atoms with E-state index in [1.54, 1.807) is 66.7 Å². The van der Waals surface area contributed by atoms with Gasteiger partial charge in [0.15, 0.2) is 11.6 Å². The fourth-order valence-corrected chi connectivity index (χ4v) is 7.40. The van der Waals surface area contributed by atoms with Gasteiger partial charge in [-0.25, -0.2) is 0 Å². The molecule has 57 heavy (non-hydrogen) atoms. The van der Waals surface area contributed by atoms with Gasteiger partial charge in [0.25, 0.3) is 0 Å². The van der Waals surface area contributed by atoms with Gasteiger partial charge >= 0.3 is 0 Å². The lowest BCUT2D eigenvalue weighted by Gasteiger charge is -2.19. The predicted molar refractivity (Wildman–Crippen MR) is 233 cm³/mol. The average Bonchev–Trinajstić information content (AvgIpc) is 3.23. The Kier molecular flexibility index (Phi) is 20.9. The minimum Gasteiger partial charge on any atom is -0.507 e. The largest absolute Gasteiger partial charge is 0.507 e. The fourth-order valence-electron chi connectivity index (χ4n) is 7.40. The Morgan fingerprint density at radius 3 is 1.37 bits per heavy atom. The summed E-state index contributed by atoms with van der Waals surface area (Å²) in [6.45, 7) is 5.42. The Morgan fingerprint density at radius 1 is 0.474 bits per heavy atom. The lowest BCUT2D eigenvalue weighted by Crippen LogP contribution is -2.09. The Morgan fingerprint density at radius 2 is 0.895 bits per heavy atom. The molecule has 308 valence electrons. The smallest absolute Gasteiger partial charge is 0.196 e. The molecule has 0 amide bonds. The van der Waals surface area contributed by atoms with Crippen molar-refractivity contribution in [2.75, 3.05) is 13.2 Å². The van der Waals surface area contributed by atoms with E-state index < -0.39 is 0 Å². The van der Waals surface area contributed by atoms with Crippen molar-refractivity contribution in [1.29, 1.82) is 0 Å². The first-order chi connectivity index (χ1) is 27.9. The number of hydrogen-bond donors (Lipinski definition) is 2. The van der Waals surface area contributed by atoms with Gasteiger partial charge in [-0.3, -0.25) is 9.59 Å². The molecule has 0 saturated heterocycles. The van der Waals surface area contributed by atoms with E-state index in [0.29, 0.717) is 47.0 Å². The van der Waals surface area contributed by atoms with Gasteiger partial charge < -0.3 is 19.7 Å². The molecule has 0 aromatic heterocycles. The molecule has 0 aliphatic carbocycles. The normalized spacial score (nSPS) is 11.1. The van der Waals surface area contributed by atoms with E-state index in [9.17, 15) is 19.8 Å². The summed E-state index contributed by atoms with van der Waals surface area (Å²) in [7, 11) is 0. The van der Waals surface area contributed by atoms with E-state index in [1.807, 2.05) is 12.1 Å². The van der Waals surface area contributed by atoms with Crippen molar-refractivity contribution < 1.29 is 29.3 Å². The van der Waals surface area contributed by atoms with Gasteiger partial charge in [-0.2, -0.15) is 0 Å². The summed E-state index contributed by atoms with van der Waals surface area (Å²) in [6, 6.07) is 24.4. The highest BCUT2D eigenvalue weighted by Gasteiger charge is 2.24. The van der Waals surface area contributed by atoms with Crippen LogP contribution in [0.2, 0.25) is 0 Å². The highest BCUT2D eigenvalue weighted by Crippen LogP contribution is 2.39. The maximum Gasteiger partial charge on any atom is 0.196 e. The van der Waals surface area contributed by atoms with Gasteiger partial charge in [0.05, 0.1) is 24.3 Å². The molecule has 0 unspecified atom stereocenters. The molecule has 2 N–H and O–H groups in total. The molecule has 0 bridgehead atoms. The number of phenolic OH excluding ortho intramolecular Hbond substituents is 2. The SMILES string of the molecule is CCCCCCCCCCCCOc1cc(O)c(C(=O)c2ccccc2)cc1Cc1c(OCCCCCCCCCCCC)ccc(C(=O)c2ccccc2)c1O. The molecule has 0 aliphatic heterocycles. The molecule has 0 aliphatic rings. The van der Waals surface area contributed by atoms with Crippen LogP contribution in [0.25, 0.3) is 0 Å². The highest BCUT2D eigenvalue weighted by atomic mass is 16.5. The van der Waals surface area contributed by atoms with E-state index in [-0.39, 0.29) is 40.6 Å². The van der Waals surface area contributed by atoms with Crippen molar-refractivity contribution in [1.82, 2.24) is 0 Å². The van der Waals surface area contributed by atoms with Gasteiger partial charge in [0.1, 0.15) is 23.0 Å². The van der Waals surface area contributed by atoms with Gasteiger partial charge in [-0.05, 0) is 36.6 Å². The number of ether oxygens (including phenoxy) is 2. The molecule has 6 nitrogen and oxygen atoms in total. The lowest BCUT2D eigenvalue weighted by molar-refractivity contribution is 0.102. The molecule has 0 heterocycles. The van der Waals surface area contributed by atoms with Gasteiger partial charge in [0, 0.05) is 29.2 Å². The first-order valence-electron chi connectivity index (χ1n) is 22.1. The first-order valence-corrected chi connectivity index (χ1v) is 22.1. The number of benzene rings is 4. The number of rotatable bonds is 30. The average molecular weight is 777 g/mol. The molecule has 4 rings (SSSR count). The molecule has 0 radical (unpaired) electrons. The van der Waals surface area contributed by atoms with Gasteiger partial charge in [-0.15, -0.1) is 0 Å². The first kappa shape index (κ1) is 45.1. The Labute approximate surface area is 343 Å². The molecular weight excluding hydrogens is 709 g/mol. The van der Waals surface area contributed by atoms with Crippen LogP contribution in [0.4, 0.5) is 0 Å². The van der Waals surface area contributed by atoms with E-state index >= 15 is 0 Å². The zero-order chi connectivity index (χ0) is 40.5. The third-order valence-electron chi connectivity index (χ3n) is 10.9. The van der Waals surface area contributed by atoms with E-state index in [2.05, 4.69) is 13.8 Å². The molecule has 4 aromatic carbocycles. The maximum absolute atomic E-state index is 13.7. The third kappa shape index (κ3) is 15.4. The zero-order valence-corrected chi connectivity index (χ0v) is 34.9. The van der Waals surface area contributed by atoms with Crippen molar-refractivity contribution in [2.24, 2.45) is 0 Å². The van der Waals surface area contributed by atoms with Crippen LogP contribution in [0.5, 0.6) is 23.0 Å². The minimum atomic E-state index is -0.315. The summed E-state index contributed by atoms with van der Waals surface area (Å²) in [5, 5.41) is 23.1. The summed E-state index contributed by atoms with van der Waals surface area (Å²) in [4.78, 5) is 27.4. The second-order valence-electron chi connectivity index (χ2n) is 15.5. The third-order valence-corrected chi connectivity index (χ3v) is 10.9. The van der Waals surface area contributed by atoms with Crippen LogP contribution in [-0.2, 0) is 6.42 Å². The second-order valence-corrected chi connectivity index (χ2v) is 15.5. The summed E-state index contributed by atoms with van der Waals surface area (Å²) >= 11 is 0. The minimum absolute atomic E-state index is 0.123. The van der Waals surface area contributed by atoms with E-state index in [4.69, 9.17) is 9.47 Å². The fraction of sp³-hybridized carbons (Fsp3) is 0.490. The highest BCUT2D eigenvalue weighted by molar-refractivity contribution is 6.11. The number of phenols is 2. The topological polar surface area (TPSA) is 93.1 Å². The molecule has 6 heteroatoms. The summed E-state index contributed by atoms with van der Waals surface area (Å²) in [5.41, 5.74) is 2.30. The number of carbonyl (C=O) groups excluding carboxylic acids is 2. The standard InChI is InChI=1S/C51H68O6/c1-3-5-7-9-11-13-15-17-19-27-35-56-47-34-33-43(49(53)40-29-23-21-24-30-40)51(55)45(47)38-42-37-44(50(54)41-31-25-22-26-32-41)46(52)39-48(42)57-36-28-20-18-16-14-12-10-8-6-4-2/h21-26,29-34,37,39,52,55H,3-20,27-28,35-36,38H2,1-2H3. The summed E-state index contributed by atoms with van der Waals surface area (Å²) < 4.78 is 12.7.